The van der Waals surface area contributed by atoms with E-state index in [4.69, 9.17) is 0 Å². The van der Waals surface area contributed by atoms with Crippen LogP contribution in [0.4, 0.5) is 0 Å². The van der Waals surface area contributed by atoms with E-state index in [9.17, 15) is 0 Å². The lowest BCUT2D eigenvalue weighted by Gasteiger charge is -2.25. The molecule has 0 aliphatic heterocycles. The Morgan fingerprint density at radius 2 is 1.94 bits per heavy atom. The van der Waals surface area contributed by atoms with Gasteiger partial charge >= 0.3 is 0 Å². The molecule has 0 atom stereocenters. The maximum Gasteiger partial charge on any atom is 0.0275 e. The summed E-state index contributed by atoms with van der Waals surface area (Å²) in [7, 11) is 3.53. The minimum Gasteiger partial charge on any atom is -0.0887 e. The van der Waals surface area contributed by atoms with Crippen LogP contribution >= 0.6 is 0 Å². The summed E-state index contributed by atoms with van der Waals surface area (Å²) in [5.74, 6) is 0.785. The SMILES string of the molecule is Cc1ccccc1C1CCC(=CC[Si])CC1. The van der Waals surface area contributed by atoms with Crippen LogP contribution in [0.5, 0.6) is 0 Å². The van der Waals surface area contributed by atoms with Gasteiger partial charge in [-0.15, -0.1) is 0 Å². The lowest BCUT2D eigenvalue weighted by Crippen LogP contribution is -2.07. The molecule has 0 bridgehead atoms. The number of hydrogen-bond donors (Lipinski definition) is 0. The average molecular weight is 227 g/mol. The molecule has 0 N–H and O–H groups in total. The standard InChI is InChI=1S/C15H19Si/c1-12-4-2-3-5-15(12)14-8-6-13(7-9-14)10-11-16/h2-5,10,14H,6-9,11H2,1H3. The van der Waals surface area contributed by atoms with Crippen molar-refractivity contribution in [1.29, 1.82) is 0 Å². The molecular weight excluding hydrogens is 208 g/mol. The molecule has 0 unspecified atom stereocenters. The van der Waals surface area contributed by atoms with E-state index in [-0.39, 0.29) is 0 Å². The second-order valence-corrected chi connectivity index (χ2v) is 5.11. The van der Waals surface area contributed by atoms with Gasteiger partial charge in [0.05, 0.1) is 0 Å². The topological polar surface area (TPSA) is 0 Å². The highest BCUT2D eigenvalue weighted by Crippen LogP contribution is 2.36. The molecule has 0 aromatic heterocycles. The van der Waals surface area contributed by atoms with Crippen LogP contribution in [0.2, 0.25) is 6.04 Å². The predicted octanol–water partition coefficient (Wildman–Crippen LogP) is 4.17. The van der Waals surface area contributed by atoms with Gasteiger partial charge in [-0.2, -0.15) is 0 Å². The maximum atomic E-state index is 3.53. The molecule has 83 valence electrons. The van der Waals surface area contributed by atoms with Crippen molar-refractivity contribution in [2.24, 2.45) is 0 Å². The molecule has 1 aliphatic carbocycles. The third-order valence-corrected chi connectivity index (χ3v) is 3.85. The maximum absolute atomic E-state index is 3.53. The van der Waals surface area contributed by atoms with Gasteiger partial charge in [0.25, 0.3) is 0 Å². The van der Waals surface area contributed by atoms with Crippen molar-refractivity contribution >= 4 is 10.2 Å². The minimum absolute atomic E-state index is 0.785. The van der Waals surface area contributed by atoms with Gasteiger partial charge in [-0.05, 0) is 55.7 Å². The van der Waals surface area contributed by atoms with Crippen LogP contribution in [0.1, 0.15) is 42.7 Å². The second kappa shape index (κ2) is 5.49. The van der Waals surface area contributed by atoms with E-state index in [1.54, 1.807) is 11.1 Å². The van der Waals surface area contributed by atoms with Crippen molar-refractivity contribution < 1.29 is 0 Å². The third kappa shape index (κ3) is 2.65. The highest BCUT2D eigenvalue weighted by atomic mass is 28.1. The zero-order chi connectivity index (χ0) is 11.4. The average Bonchev–Trinajstić information content (AvgIpc) is 2.31. The lowest BCUT2D eigenvalue weighted by atomic mass is 9.80. The van der Waals surface area contributed by atoms with E-state index < -0.39 is 0 Å². The quantitative estimate of drug-likeness (QED) is 0.525. The summed E-state index contributed by atoms with van der Waals surface area (Å²) in [4.78, 5) is 0. The van der Waals surface area contributed by atoms with E-state index in [1.165, 1.54) is 31.2 Å². The summed E-state index contributed by atoms with van der Waals surface area (Å²) in [6.07, 6.45) is 7.55. The van der Waals surface area contributed by atoms with Gasteiger partial charge in [0.2, 0.25) is 0 Å². The predicted molar refractivity (Wildman–Crippen MR) is 71.0 cm³/mol. The largest absolute Gasteiger partial charge is 0.0887 e. The minimum atomic E-state index is 0.785. The first-order chi connectivity index (χ1) is 7.81. The molecule has 1 saturated carbocycles. The highest BCUT2D eigenvalue weighted by molar-refractivity contribution is 6.09. The van der Waals surface area contributed by atoms with Crippen LogP contribution in [0.3, 0.4) is 0 Å². The van der Waals surface area contributed by atoms with Crippen molar-refractivity contribution in [2.45, 2.75) is 44.6 Å². The summed E-state index contributed by atoms with van der Waals surface area (Å²) in [5, 5.41) is 0. The van der Waals surface area contributed by atoms with Crippen molar-refractivity contribution in [3.63, 3.8) is 0 Å². The zero-order valence-corrected chi connectivity index (χ0v) is 11.0. The van der Waals surface area contributed by atoms with Gasteiger partial charge in [-0.1, -0.05) is 35.9 Å². The van der Waals surface area contributed by atoms with Gasteiger partial charge in [0.15, 0.2) is 0 Å². The van der Waals surface area contributed by atoms with Gasteiger partial charge in [0.1, 0.15) is 0 Å². The molecular formula is C15H19Si. The van der Waals surface area contributed by atoms with Crippen molar-refractivity contribution in [1.82, 2.24) is 0 Å². The number of aryl methyl sites for hydroxylation is 1. The highest BCUT2D eigenvalue weighted by Gasteiger charge is 2.18. The Balaban J connectivity index is 2.05. The van der Waals surface area contributed by atoms with E-state index in [0.717, 1.165) is 12.0 Å². The van der Waals surface area contributed by atoms with Gasteiger partial charge in [-0.3, -0.25) is 0 Å². The van der Waals surface area contributed by atoms with Crippen LogP contribution in [-0.4, -0.2) is 10.2 Å². The monoisotopic (exact) mass is 227 g/mol. The number of benzene rings is 1. The molecule has 0 spiro atoms. The Hall–Kier alpha value is -0.823. The molecule has 2 rings (SSSR count). The van der Waals surface area contributed by atoms with Crippen molar-refractivity contribution in [3.05, 3.63) is 47.0 Å². The molecule has 16 heavy (non-hydrogen) atoms. The summed E-state index contributed by atoms with van der Waals surface area (Å²) in [6.45, 7) is 2.24. The van der Waals surface area contributed by atoms with Gasteiger partial charge in [-0.25, -0.2) is 0 Å². The molecule has 0 nitrogen and oxygen atoms in total. The Bertz CT molecular complexity index is 369. The van der Waals surface area contributed by atoms with Crippen LogP contribution in [0.25, 0.3) is 0 Å². The molecule has 3 radical (unpaired) electrons. The molecule has 1 heteroatoms. The first-order valence-electron chi connectivity index (χ1n) is 6.19. The van der Waals surface area contributed by atoms with E-state index in [0.29, 0.717) is 0 Å². The third-order valence-electron chi connectivity index (χ3n) is 3.65. The van der Waals surface area contributed by atoms with Crippen LogP contribution in [-0.2, 0) is 0 Å². The number of rotatable bonds is 2. The normalized spacial score (nSPS) is 20.9. The molecule has 1 aliphatic rings. The summed E-state index contributed by atoms with van der Waals surface area (Å²) >= 11 is 0. The van der Waals surface area contributed by atoms with E-state index in [2.05, 4.69) is 47.5 Å². The summed E-state index contributed by atoms with van der Waals surface area (Å²) < 4.78 is 0. The molecule has 0 heterocycles. The van der Waals surface area contributed by atoms with Crippen LogP contribution < -0.4 is 0 Å². The van der Waals surface area contributed by atoms with Crippen molar-refractivity contribution in [3.8, 4) is 0 Å². The van der Waals surface area contributed by atoms with Crippen molar-refractivity contribution in [2.75, 3.05) is 0 Å². The van der Waals surface area contributed by atoms with Crippen LogP contribution in [0.15, 0.2) is 35.9 Å². The number of hydrogen-bond acceptors (Lipinski definition) is 0. The Labute approximate surface area is 102 Å². The van der Waals surface area contributed by atoms with E-state index in [1.807, 2.05) is 0 Å². The molecule has 1 aromatic carbocycles. The molecule has 1 aromatic rings. The summed E-state index contributed by atoms with van der Waals surface area (Å²) in [5.41, 5.74) is 4.67. The lowest BCUT2D eigenvalue weighted by molar-refractivity contribution is 0.514. The summed E-state index contributed by atoms with van der Waals surface area (Å²) in [6, 6.07) is 9.85. The Morgan fingerprint density at radius 1 is 1.25 bits per heavy atom. The van der Waals surface area contributed by atoms with Gasteiger partial charge in [0, 0.05) is 10.2 Å². The zero-order valence-electron chi connectivity index (χ0n) is 10.00. The first-order valence-corrected chi connectivity index (χ1v) is 6.90. The molecule has 0 amide bonds. The second-order valence-electron chi connectivity index (χ2n) is 4.70. The first kappa shape index (κ1) is 11.7. The fourth-order valence-electron chi connectivity index (χ4n) is 2.69. The Morgan fingerprint density at radius 3 is 2.56 bits per heavy atom. The smallest absolute Gasteiger partial charge is 0.0275 e. The van der Waals surface area contributed by atoms with Gasteiger partial charge < -0.3 is 0 Å². The fourth-order valence-corrected chi connectivity index (χ4v) is 2.98. The fraction of sp³-hybridized carbons (Fsp3) is 0.467. The van der Waals surface area contributed by atoms with E-state index >= 15 is 0 Å². The van der Waals surface area contributed by atoms with Crippen LogP contribution in [0, 0.1) is 6.92 Å². The Kier molecular flexibility index (Phi) is 4.00. The molecule has 1 fully saturated rings. The molecule has 0 saturated heterocycles. The number of allylic oxidation sites excluding steroid dienone is 2.